The Morgan fingerprint density at radius 2 is 2.18 bits per heavy atom. The molecule has 1 fully saturated rings. The van der Waals surface area contributed by atoms with Crippen molar-refractivity contribution < 1.29 is 0 Å². The number of likely N-dealkylation sites (tertiary alicyclic amines) is 1. The Kier molecular flexibility index (Phi) is 4.52. The molecule has 0 aromatic carbocycles. The fourth-order valence-electron chi connectivity index (χ4n) is 3.20. The molecule has 0 amide bonds. The molecule has 1 aliphatic heterocycles. The maximum absolute atomic E-state index is 4.88. The molecular formula is C17H25N5. The third-order valence-corrected chi connectivity index (χ3v) is 4.52. The third kappa shape index (κ3) is 3.04. The molecule has 1 unspecified atom stereocenters. The van der Waals surface area contributed by atoms with Crippen LogP contribution in [0.3, 0.4) is 0 Å². The van der Waals surface area contributed by atoms with Crippen molar-refractivity contribution in [2.75, 3.05) is 13.1 Å². The Morgan fingerprint density at radius 3 is 2.95 bits per heavy atom. The molecular weight excluding hydrogens is 274 g/mol. The first-order chi connectivity index (χ1) is 10.7. The van der Waals surface area contributed by atoms with Crippen LogP contribution in [0.25, 0.3) is 5.82 Å². The second-order valence-electron chi connectivity index (χ2n) is 6.30. The van der Waals surface area contributed by atoms with Gasteiger partial charge in [-0.1, -0.05) is 6.92 Å². The molecule has 1 atom stereocenters. The summed E-state index contributed by atoms with van der Waals surface area (Å²) in [7, 11) is 0. The van der Waals surface area contributed by atoms with Crippen molar-refractivity contribution in [3.63, 3.8) is 0 Å². The number of nitrogens with zero attached hydrogens (tertiary/aromatic N) is 5. The molecule has 3 rings (SSSR count). The topological polar surface area (TPSA) is 46.8 Å². The van der Waals surface area contributed by atoms with Crippen LogP contribution in [0.1, 0.15) is 51.0 Å². The van der Waals surface area contributed by atoms with Gasteiger partial charge in [0.25, 0.3) is 0 Å². The van der Waals surface area contributed by atoms with E-state index in [1.54, 1.807) is 0 Å². The van der Waals surface area contributed by atoms with Crippen molar-refractivity contribution in [2.45, 2.75) is 52.0 Å². The van der Waals surface area contributed by atoms with E-state index in [1.165, 1.54) is 19.4 Å². The summed E-state index contributed by atoms with van der Waals surface area (Å²) in [4.78, 5) is 16.2. The number of imidazole rings is 1. The van der Waals surface area contributed by atoms with E-state index in [1.807, 2.05) is 29.4 Å². The van der Waals surface area contributed by atoms with Crippen LogP contribution in [0.5, 0.6) is 0 Å². The van der Waals surface area contributed by atoms with Crippen LogP contribution in [0, 0.1) is 0 Å². The van der Waals surface area contributed by atoms with E-state index < -0.39 is 0 Å². The lowest BCUT2D eigenvalue weighted by Crippen LogP contribution is -2.39. The van der Waals surface area contributed by atoms with E-state index in [4.69, 9.17) is 4.98 Å². The van der Waals surface area contributed by atoms with Crippen molar-refractivity contribution in [1.29, 1.82) is 0 Å². The van der Waals surface area contributed by atoms with Gasteiger partial charge in [0.1, 0.15) is 5.82 Å². The predicted molar refractivity (Wildman–Crippen MR) is 87.2 cm³/mol. The van der Waals surface area contributed by atoms with Gasteiger partial charge < -0.3 is 4.90 Å². The first-order valence-electron chi connectivity index (χ1n) is 8.27. The zero-order chi connectivity index (χ0) is 15.5. The van der Waals surface area contributed by atoms with E-state index in [9.17, 15) is 0 Å². The standard InChI is InChI=1S/C17H25N5/c1-4-16-19-7-9-22(16)17-11-18-10-15(20-17)14-6-5-8-21(12-14)13(2)3/h7,9-11,13-14H,4-6,8,12H2,1-3H3. The van der Waals surface area contributed by atoms with Crippen LogP contribution < -0.4 is 0 Å². The van der Waals surface area contributed by atoms with Gasteiger partial charge in [-0.3, -0.25) is 9.55 Å². The normalized spacial score (nSPS) is 19.7. The molecule has 0 radical (unpaired) electrons. The van der Waals surface area contributed by atoms with Crippen LogP contribution in [0.4, 0.5) is 0 Å². The minimum absolute atomic E-state index is 0.484. The lowest BCUT2D eigenvalue weighted by Gasteiger charge is -2.35. The Hall–Kier alpha value is -1.75. The number of rotatable bonds is 4. The zero-order valence-corrected chi connectivity index (χ0v) is 13.7. The first kappa shape index (κ1) is 15.2. The highest BCUT2D eigenvalue weighted by Crippen LogP contribution is 2.26. The molecule has 22 heavy (non-hydrogen) atoms. The number of aryl methyl sites for hydroxylation is 1. The Morgan fingerprint density at radius 1 is 1.32 bits per heavy atom. The van der Waals surface area contributed by atoms with Crippen molar-refractivity contribution in [1.82, 2.24) is 24.4 Å². The molecule has 5 nitrogen and oxygen atoms in total. The Labute approximate surface area is 132 Å². The molecule has 3 heterocycles. The molecule has 0 spiro atoms. The lowest BCUT2D eigenvalue weighted by atomic mass is 9.94. The van der Waals surface area contributed by atoms with Gasteiger partial charge in [0.05, 0.1) is 11.9 Å². The summed E-state index contributed by atoms with van der Waals surface area (Å²) < 4.78 is 2.04. The van der Waals surface area contributed by atoms with E-state index in [2.05, 4.69) is 35.6 Å². The maximum atomic E-state index is 4.88. The molecule has 0 saturated carbocycles. The quantitative estimate of drug-likeness (QED) is 0.871. The van der Waals surface area contributed by atoms with Gasteiger partial charge in [-0.05, 0) is 33.2 Å². The minimum atomic E-state index is 0.484. The number of aromatic nitrogens is 4. The average Bonchev–Trinajstić information content (AvgIpc) is 3.04. The van der Waals surface area contributed by atoms with Gasteiger partial charge in [0.2, 0.25) is 0 Å². The minimum Gasteiger partial charge on any atom is -0.300 e. The highest BCUT2D eigenvalue weighted by molar-refractivity contribution is 5.24. The molecule has 0 N–H and O–H groups in total. The van der Waals surface area contributed by atoms with Crippen molar-refractivity contribution in [2.24, 2.45) is 0 Å². The number of hydrogen-bond acceptors (Lipinski definition) is 4. The van der Waals surface area contributed by atoms with Crippen molar-refractivity contribution in [3.05, 3.63) is 36.3 Å². The van der Waals surface area contributed by atoms with Crippen LogP contribution in [0.2, 0.25) is 0 Å². The average molecular weight is 299 g/mol. The van der Waals surface area contributed by atoms with Gasteiger partial charge in [-0.25, -0.2) is 9.97 Å². The summed E-state index contributed by atoms with van der Waals surface area (Å²) in [6, 6.07) is 0.597. The van der Waals surface area contributed by atoms with E-state index >= 15 is 0 Å². The molecule has 0 aliphatic carbocycles. The van der Waals surface area contributed by atoms with Gasteiger partial charge in [0.15, 0.2) is 5.82 Å². The first-order valence-corrected chi connectivity index (χ1v) is 8.27. The summed E-state index contributed by atoms with van der Waals surface area (Å²) in [5, 5.41) is 0. The molecule has 0 bridgehead atoms. The molecule has 118 valence electrons. The maximum Gasteiger partial charge on any atom is 0.156 e. The highest BCUT2D eigenvalue weighted by Gasteiger charge is 2.24. The van der Waals surface area contributed by atoms with Crippen LogP contribution in [-0.2, 0) is 6.42 Å². The number of hydrogen-bond donors (Lipinski definition) is 0. The molecule has 2 aromatic heterocycles. The lowest BCUT2D eigenvalue weighted by molar-refractivity contribution is 0.166. The van der Waals surface area contributed by atoms with Crippen molar-refractivity contribution >= 4 is 0 Å². The molecule has 1 aliphatic rings. The summed E-state index contributed by atoms with van der Waals surface area (Å²) in [5.74, 6) is 2.39. The van der Waals surface area contributed by atoms with Crippen LogP contribution in [0.15, 0.2) is 24.8 Å². The monoisotopic (exact) mass is 299 g/mol. The summed E-state index contributed by atoms with van der Waals surface area (Å²) in [5.41, 5.74) is 1.11. The second kappa shape index (κ2) is 6.57. The van der Waals surface area contributed by atoms with Gasteiger partial charge in [-0.15, -0.1) is 0 Å². The van der Waals surface area contributed by atoms with E-state index in [0.29, 0.717) is 12.0 Å². The van der Waals surface area contributed by atoms with Gasteiger partial charge >= 0.3 is 0 Å². The molecule has 1 saturated heterocycles. The second-order valence-corrected chi connectivity index (χ2v) is 6.30. The van der Waals surface area contributed by atoms with Crippen molar-refractivity contribution in [3.8, 4) is 5.82 Å². The fourth-order valence-corrected chi connectivity index (χ4v) is 3.20. The molecule has 5 heteroatoms. The summed E-state index contributed by atoms with van der Waals surface area (Å²) in [6.45, 7) is 8.92. The summed E-state index contributed by atoms with van der Waals surface area (Å²) >= 11 is 0. The Balaban J connectivity index is 1.85. The smallest absolute Gasteiger partial charge is 0.156 e. The van der Waals surface area contributed by atoms with Gasteiger partial charge in [-0.2, -0.15) is 0 Å². The van der Waals surface area contributed by atoms with E-state index in [-0.39, 0.29) is 0 Å². The molecule has 2 aromatic rings. The Bertz CT molecular complexity index is 619. The SMILES string of the molecule is CCc1nccn1-c1cncc(C2CCCN(C(C)C)C2)n1. The third-order valence-electron chi connectivity index (χ3n) is 4.52. The summed E-state index contributed by atoms with van der Waals surface area (Å²) in [6.07, 6.45) is 10.9. The van der Waals surface area contributed by atoms with Gasteiger partial charge in [0, 0.05) is 43.5 Å². The predicted octanol–water partition coefficient (Wildman–Crippen LogP) is 2.81. The van der Waals surface area contributed by atoms with E-state index in [0.717, 1.165) is 30.3 Å². The largest absolute Gasteiger partial charge is 0.300 e. The van der Waals surface area contributed by atoms with Crippen LogP contribution >= 0.6 is 0 Å². The highest BCUT2D eigenvalue weighted by atomic mass is 15.2. The fraction of sp³-hybridized carbons (Fsp3) is 0.588. The van der Waals surface area contributed by atoms with Crippen LogP contribution in [-0.4, -0.2) is 43.6 Å². The number of piperidine rings is 1. The zero-order valence-electron chi connectivity index (χ0n) is 13.7.